The molecule has 0 aliphatic heterocycles. The number of H-pyrrole nitrogens is 1. The van der Waals surface area contributed by atoms with E-state index in [1.807, 2.05) is 12.1 Å². The zero-order chi connectivity index (χ0) is 12.4. The fourth-order valence-corrected chi connectivity index (χ4v) is 1.74. The Hall–Kier alpha value is -2.41. The molecule has 3 rings (SSSR count). The van der Waals surface area contributed by atoms with E-state index in [-0.39, 0.29) is 0 Å². The molecule has 0 aliphatic rings. The first kappa shape index (κ1) is 10.7. The molecule has 3 aromatic heterocycles. The van der Waals surface area contributed by atoms with Crippen LogP contribution in [-0.2, 0) is 11.3 Å². The van der Waals surface area contributed by atoms with E-state index < -0.39 is 0 Å². The molecule has 0 saturated carbocycles. The molecular formula is C11H12N6O. The van der Waals surface area contributed by atoms with Crippen LogP contribution < -0.4 is 5.32 Å². The van der Waals surface area contributed by atoms with Gasteiger partial charge in [-0.25, -0.2) is 9.50 Å². The van der Waals surface area contributed by atoms with Gasteiger partial charge in [-0.15, -0.1) is 0 Å². The van der Waals surface area contributed by atoms with E-state index in [1.54, 1.807) is 30.2 Å². The summed E-state index contributed by atoms with van der Waals surface area (Å²) < 4.78 is 6.83. The fourth-order valence-electron chi connectivity index (χ4n) is 1.74. The summed E-state index contributed by atoms with van der Waals surface area (Å²) in [6.07, 6.45) is 5.16. The van der Waals surface area contributed by atoms with Crippen LogP contribution in [0.1, 0.15) is 5.69 Å². The molecule has 18 heavy (non-hydrogen) atoms. The Bertz CT molecular complexity index is 645. The maximum absolute atomic E-state index is 5.07. The molecule has 0 radical (unpaired) electrons. The number of aromatic amines is 1. The second-order valence-electron chi connectivity index (χ2n) is 3.77. The van der Waals surface area contributed by atoms with Crippen LogP contribution in [0.4, 0.5) is 11.6 Å². The van der Waals surface area contributed by atoms with E-state index in [0.717, 1.165) is 22.8 Å². The summed E-state index contributed by atoms with van der Waals surface area (Å²) in [6.45, 7) is 0.477. The molecule has 0 aromatic carbocycles. The van der Waals surface area contributed by atoms with Crippen molar-refractivity contribution in [2.24, 2.45) is 0 Å². The lowest BCUT2D eigenvalue weighted by Crippen LogP contribution is -1.97. The number of anilines is 2. The van der Waals surface area contributed by atoms with Crippen LogP contribution in [-0.4, -0.2) is 31.9 Å². The van der Waals surface area contributed by atoms with Gasteiger partial charge < -0.3 is 10.1 Å². The average Bonchev–Trinajstić information content (AvgIpc) is 2.98. The second kappa shape index (κ2) is 4.46. The summed E-state index contributed by atoms with van der Waals surface area (Å²) in [4.78, 5) is 4.29. The highest BCUT2D eigenvalue weighted by molar-refractivity contribution is 5.71. The molecule has 0 atom stereocenters. The summed E-state index contributed by atoms with van der Waals surface area (Å²) in [6, 6.07) is 3.77. The topological polar surface area (TPSA) is 80.1 Å². The first-order valence-corrected chi connectivity index (χ1v) is 5.45. The fraction of sp³-hybridized carbons (Fsp3) is 0.182. The molecular weight excluding hydrogens is 232 g/mol. The van der Waals surface area contributed by atoms with Gasteiger partial charge in [-0.05, 0) is 6.07 Å². The Morgan fingerprint density at radius 1 is 1.44 bits per heavy atom. The van der Waals surface area contributed by atoms with Crippen LogP contribution in [0.3, 0.4) is 0 Å². The van der Waals surface area contributed by atoms with Crippen molar-refractivity contribution in [3.8, 4) is 0 Å². The molecule has 3 heterocycles. The molecule has 0 aliphatic carbocycles. The minimum absolute atomic E-state index is 0.477. The normalized spacial score (nSPS) is 10.9. The summed E-state index contributed by atoms with van der Waals surface area (Å²) in [5.74, 6) is 1.50. The third-order valence-corrected chi connectivity index (χ3v) is 2.49. The Morgan fingerprint density at radius 2 is 2.39 bits per heavy atom. The quantitative estimate of drug-likeness (QED) is 0.724. The average molecular weight is 244 g/mol. The van der Waals surface area contributed by atoms with Crippen LogP contribution in [0.5, 0.6) is 0 Å². The lowest BCUT2D eigenvalue weighted by atomic mass is 10.4. The summed E-state index contributed by atoms with van der Waals surface area (Å²) in [5.41, 5.74) is 1.75. The van der Waals surface area contributed by atoms with E-state index >= 15 is 0 Å². The molecule has 3 aromatic rings. The molecule has 0 fully saturated rings. The number of methoxy groups -OCH3 is 1. The SMILES string of the molecule is COCc1cc2c(Nc3ccn[nH]3)nccn2n1. The van der Waals surface area contributed by atoms with Gasteiger partial charge in [0.1, 0.15) is 11.3 Å². The summed E-state index contributed by atoms with van der Waals surface area (Å²) in [7, 11) is 1.64. The monoisotopic (exact) mass is 244 g/mol. The largest absolute Gasteiger partial charge is 0.378 e. The van der Waals surface area contributed by atoms with E-state index in [9.17, 15) is 0 Å². The lowest BCUT2D eigenvalue weighted by molar-refractivity contribution is 0.181. The maximum Gasteiger partial charge on any atom is 0.157 e. The molecule has 0 unspecified atom stereocenters. The van der Waals surface area contributed by atoms with Crippen molar-refractivity contribution >= 4 is 17.2 Å². The van der Waals surface area contributed by atoms with Crippen LogP contribution >= 0.6 is 0 Å². The lowest BCUT2D eigenvalue weighted by Gasteiger charge is -2.03. The van der Waals surface area contributed by atoms with E-state index in [0.29, 0.717) is 6.61 Å². The number of ether oxygens (including phenoxy) is 1. The second-order valence-corrected chi connectivity index (χ2v) is 3.77. The predicted octanol–water partition coefficient (Wildman–Crippen LogP) is 1.34. The highest BCUT2D eigenvalue weighted by Crippen LogP contribution is 2.18. The van der Waals surface area contributed by atoms with Crippen molar-refractivity contribution in [3.63, 3.8) is 0 Å². The molecule has 0 spiro atoms. The first-order valence-electron chi connectivity index (χ1n) is 5.45. The molecule has 0 bridgehead atoms. The van der Waals surface area contributed by atoms with E-state index in [2.05, 4.69) is 25.6 Å². The maximum atomic E-state index is 5.07. The third kappa shape index (κ3) is 1.91. The van der Waals surface area contributed by atoms with Crippen LogP contribution in [0, 0.1) is 0 Å². The number of hydrogen-bond acceptors (Lipinski definition) is 5. The minimum atomic E-state index is 0.477. The van der Waals surface area contributed by atoms with Crippen LogP contribution in [0.25, 0.3) is 5.52 Å². The van der Waals surface area contributed by atoms with E-state index in [4.69, 9.17) is 4.74 Å². The highest BCUT2D eigenvalue weighted by atomic mass is 16.5. The zero-order valence-corrected chi connectivity index (χ0v) is 9.79. The van der Waals surface area contributed by atoms with Gasteiger partial charge in [-0.1, -0.05) is 0 Å². The number of nitrogens with zero attached hydrogens (tertiary/aromatic N) is 4. The van der Waals surface area contributed by atoms with Gasteiger partial charge in [0.05, 0.1) is 18.5 Å². The van der Waals surface area contributed by atoms with Gasteiger partial charge in [0.2, 0.25) is 0 Å². The summed E-state index contributed by atoms with van der Waals surface area (Å²) >= 11 is 0. The third-order valence-electron chi connectivity index (χ3n) is 2.49. The molecule has 0 saturated heterocycles. The Balaban J connectivity index is 2.00. The Kier molecular flexibility index (Phi) is 2.66. The van der Waals surface area contributed by atoms with E-state index in [1.165, 1.54) is 0 Å². The van der Waals surface area contributed by atoms with Gasteiger partial charge in [0.15, 0.2) is 5.82 Å². The molecule has 7 heteroatoms. The molecule has 92 valence electrons. The van der Waals surface area contributed by atoms with Gasteiger partial charge >= 0.3 is 0 Å². The smallest absolute Gasteiger partial charge is 0.157 e. The predicted molar refractivity (Wildman–Crippen MR) is 65.6 cm³/mol. The van der Waals surface area contributed by atoms with Crippen molar-refractivity contribution in [2.45, 2.75) is 6.61 Å². The number of hydrogen-bond donors (Lipinski definition) is 2. The van der Waals surface area contributed by atoms with Crippen molar-refractivity contribution < 1.29 is 4.74 Å². The van der Waals surface area contributed by atoms with Gasteiger partial charge in [0, 0.05) is 25.6 Å². The molecule has 2 N–H and O–H groups in total. The molecule has 0 amide bonds. The van der Waals surface area contributed by atoms with Crippen molar-refractivity contribution in [1.82, 2.24) is 24.8 Å². The van der Waals surface area contributed by atoms with Gasteiger partial charge in [-0.3, -0.25) is 5.10 Å². The first-order chi connectivity index (χ1) is 8.86. The zero-order valence-electron chi connectivity index (χ0n) is 9.79. The number of fused-ring (bicyclic) bond motifs is 1. The van der Waals surface area contributed by atoms with Crippen LogP contribution in [0.2, 0.25) is 0 Å². The van der Waals surface area contributed by atoms with Gasteiger partial charge in [0.25, 0.3) is 0 Å². The Morgan fingerprint density at radius 3 is 3.17 bits per heavy atom. The van der Waals surface area contributed by atoms with Gasteiger partial charge in [-0.2, -0.15) is 10.2 Å². The van der Waals surface area contributed by atoms with Crippen molar-refractivity contribution in [3.05, 3.63) is 36.4 Å². The number of aromatic nitrogens is 5. The number of rotatable bonds is 4. The van der Waals surface area contributed by atoms with Crippen molar-refractivity contribution in [1.29, 1.82) is 0 Å². The molecule has 7 nitrogen and oxygen atoms in total. The number of nitrogens with one attached hydrogen (secondary N) is 2. The highest BCUT2D eigenvalue weighted by Gasteiger charge is 2.07. The Labute approximate surface area is 103 Å². The minimum Gasteiger partial charge on any atom is -0.378 e. The summed E-state index contributed by atoms with van der Waals surface area (Å²) in [5, 5.41) is 14.2. The van der Waals surface area contributed by atoms with Crippen LogP contribution in [0.15, 0.2) is 30.7 Å². The van der Waals surface area contributed by atoms with Crippen molar-refractivity contribution in [2.75, 3.05) is 12.4 Å². The standard InChI is InChI=1S/C11H12N6O/c1-18-7-8-6-9-11(12-4-5-17(9)16-8)14-10-2-3-13-15-10/h2-6H,7H2,1H3,(H2,12,13,14,15).